The molecule has 1 unspecified atom stereocenters. The zero-order valence-electron chi connectivity index (χ0n) is 14.1. The third-order valence-corrected chi connectivity index (χ3v) is 6.00. The molecule has 2 aromatic rings. The fourth-order valence-corrected chi connectivity index (χ4v) is 4.07. The van der Waals surface area contributed by atoms with E-state index in [1.165, 1.54) is 12.1 Å². The van der Waals surface area contributed by atoms with Crippen molar-refractivity contribution in [2.24, 2.45) is 0 Å². The lowest BCUT2D eigenvalue weighted by molar-refractivity contribution is 0.123. The van der Waals surface area contributed by atoms with E-state index in [4.69, 9.17) is 4.18 Å². The maximum Gasteiger partial charge on any atom is 0.297 e. The summed E-state index contributed by atoms with van der Waals surface area (Å²) in [6, 6.07) is 10.1. The lowest BCUT2D eigenvalue weighted by atomic mass is 9.71. The summed E-state index contributed by atoms with van der Waals surface area (Å²) in [7, 11) is -3.89. The Morgan fingerprint density at radius 1 is 1.28 bits per heavy atom. The molecular weight excluding hydrogens is 338 g/mol. The van der Waals surface area contributed by atoms with E-state index in [2.05, 4.69) is 11.6 Å². The molecule has 1 heterocycles. The highest BCUT2D eigenvalue weighted by atomic mass is 32.2. The highest BCUT2D eigenvalue weighted by Gasteiger charge is 2.39. The van der Waals surface area contributed by atoms with Crippen LogP contribution in [0.25, 0.3) is 5.57 Å². The third-order valence-electron chi connectivity index (χ3n) is 4.72. The molecule has 0 radical (unpaired) electrons. The second kappa shape index (κ2) is 6.71. The maximum absolute atomic E-state index is 12.5. The van der Waals surface area contributed by atoms with Gasteiger partial charge in [-0.1, -0.05) is 30.3 Å². The van der Waals surface area contributed by atoms with Gasteiger partial charge < -0.3 is 5.11 Å². The molecule has 0 fully saturated rings. The van der Waals surface area contributed by atoms with Gasteiger partial charge in [0.2, 0.25) is 0 Å². The van der Waals surface area contributed by atoms with Gasteiger partial charge in [-0.25, -0.2) is 0 Å². The highest BCUT2D eigenvalue weighted by Crippen LogP contribution is 2.41. The Labute approximate surface area is 148 Å². The monoisotopic (exact) mass is 359 g/mol. The number of aliphatic hydroxyl groups excluding tert-OH is 1. The number of aryl methyl sites for hydroxylation is 1. The maximum atomic E-state index is 12.5. The topological polar surface area (TPSA) is 76.5 Å². The van der Waals surface area contributed by atoms with E-state index in [-0.39, 0.29) is 18.1 Å². The molecule has 0 amide bonds. The zero-order valence-corrected chi connectivity index (χ0v) is 14.9. The molecule has 25 heavy (non-hydrogen) atoms. The van der Waals surface area contributed by atoms with Crippen LogP contribution in [0.2, 0.25) is 0 Å². The summed E-state index contributed by atoms with van der Waals surface area (Å²) in [5.74, 6) is 0. The molecule has 0 bridgehead atoms. The number of aliphatic hydroxyl groups is 1. The first-order valence-corrected chi connectivity index (χ1v) is 9.49. The normalized spacial score (nSPS) is 20.3. The van der Waals surface area contributed by atoms with Crippen LogP contribution in [0, 0.1) is 6.92 Å². The van der Waals surface area contributed by atoms with Gasteiger partial charge >= 0.3 is 0 Å². The predicted octanol–water partition coefficient (Wildman–Crippen LogP) is 2.83. The van der Waals surface area contributed by atoms with Crippen molar-refractivity contribution in [2.75, 3.05) is 13.2 Å². The molecule has 132 valence electrons. The SMILES string of the molecule is C=C1CCC(CO)(COS(=O)(=O)c2ccc(C)cc2)c2cccnc21. The number of fused-ring (bicyclic) bond motifs is 1. The van der Waals surface area contributed by atoms with Crippen molar-refractivity contribution in [2.45, 2.75) is 30.1 Å². The zero-order chi connectivity index (χ0) is 18.1. The molecule has 3 rings (SSSR count). The lowest BCUT2D eigenvalue weighted by Gasteiger charge is -2.37. The molecule has 1 atom stereocenters. The van der Waals surface area contributed by atoms with E-state index in [0.717, 1.165) is 22.4 Å². The average Bonchev–Trinajstić information content (AvgIpc) is 2.62. The van der Waals surface area contributed by atoms with Crippen LogP contribution < -0.4 is 0 Å². The number of hydrogen-bond donors (Lipinski definition) is 1. The summed E-state index contributed by atoms with van der Waals surface area (Å²) in [5, 5.41) is 10.0. The molecule has 1 aliphatic rings. The minimum absolute atomic E-state index is 0.109. The standard InChI is InChI=1S/C19H21NO4S/c1-14-5-7-16(8-6-14)25(22,23)24-13-19(12-21)10-9-15(2)18-17(19)4-3-11-20-18/h3-8,11,21H,2,9-10,12-13H2,1H3. The smallest absolute Gasteiger partial charge is 0.297 e. The number of pyridine rings is 1. The molecule has 1 aromatic heterocycles. The van der Waals surface area contributed by atoms with Crippen LogP contribution in [0.1, 0.15) is 29.7 Å². The number of allylic oxidation sites excluding steroid dienone is 1. The van der Waals surface area contributed by atoms with Crippen LogP contribution in [-0.2, 0) is 19.7 Å². The molecule has 0 spiro atoms. The van der Waals surface area contributed by atoms with E-state index in [9.17, 15) is 13.5 Å². The Balaban J connectivity index is 1.89. The highest BCUT2D eigenvalue weighted by molar-refractivity contribution is 7.86. The Hall–Kier alpha value is -2.02. The molecule has 1 aromatic carbocycles. The third kappa shape index (κ3) is 3.38. The largest absolute Gasteiger partial charge is 0.395 e. The van der Waals surface area contributed by atoms with E-state index >= 15 is 0 Å². The summed E-state index contributed by atoms with van der Waals surface area (Å²) < 4.78 is 30.3. The summed E-state index contributed by atoms with van der Waals surface area (Å²) in [5.41, 5.74) is 2.56. The number of nitrogens with zero attached hydrogens (tertiary/aromatic N) is 1. The molecule has 5 nitrogen and oxygen atoms in total. The molecule has 0 aliphatic heterocycles. The van der Waals surface area contributed by atoms with Gasteiger partial charge in [-0.2, -0.15) is 8.42 Å². The van der Waals surface area contributed by atoms with Crippen molar-refractivity contribution < 1.29 is 17.7 Å². The fraction of sp³-hybridized carbons (Fsp3) is 0.316. The predicted molar refractivity (Wildman–Crippen MR) is 95.6 cm³/mol. The molecule has 0 saturated heterocycles. The van der Waals surface area contributed by atoms with Crippen molar-refractivity contribution in [1.29, 1.82) is 0 Å². The molecule has 0 saturated carbocycles. The molecular formula is C19H21NO4S. The van der Waals surface area contributed by atoms with Gasteiger partial charge in [0.05, 0.1) is 23.8 Å². The van der Waals surface area contributed by atoms with Gasteiger partial charge in [-0.3, -0.25) is 9.17 Å². The number of hydrogen-bond acceptors (Lipinski definition) is 5. The van der Waals surface area contributed by atoms with Crippen molar-refractivity contribution in [1.82, 2.24) is 4.98 Å². The van der Waals surface area contributed by atoms with Crippen LogP contribution in [0.15, 0.2) is 54.1 Å². The van der Waals surface area contributed by atoms with Crippen molar-refractivity contribution in [3.63, 3.8) is 0 Å². The Morgan fingerprint density at radius 2 is 2.00 bits per heavy atom. The van der Waals surface area contributed by atoms with Crippen molar-refractivity contribution in [3.05, 3.63) is 66.0 Å². The van der Waals surface area contributed by atoms with Gasteiger partial charge in [0.1, 0.15) is 0 Å². The first-order chi connectivity index (χ1) is 11.9. The second-order valence-electron chi connectivity index (χ2n) is 6.47. The molecule has 6 heteroatoms. The minimum atomic E-state index is -3.89. The van der Waals surface area contributed by atoms with Crippen LogP contribution >= 0.6 is 0 Å². The summed E-state index contributed by atoms with van der Waals surface area (Å²) in [4.78, 5) is 4.45. The first-order valence-electron chi connectivity index (χ1n) is 8.09. The summed E-state index contributed by atoms with van der Waals surface area (Å²) >= 11 is 0. The number of aromatic nitrogens is 1. The van der Waals surface area contributed by atoms with Gasteiger partial charge in [0.25, 0.3) is 10.1 Å². The van der Waals surface area contributed by atoms with Crippen molar-refractivity contribution >= 4 is 15.7 Å². The summed E-state index contributed by atoms with van der Waals surface area (Å²) in [6.07, 6.45) is 2.87. The Kier molecular flexibility index (Phi) is 4.77. The quantitative estimate of drug-likeness (QED) is 0.831. The van der Waals surface area contributed by atoms with E-state index in [1.54, 1.807) is 24.4 Å². The van der Waals surface area contributed by atoms with E-state index in [0.29, 0.717) is 12.8 Å². The Morgan fingerprint density at radius 3 is 2.68 bits per heavy atom. The van der Waals surface area contributed by atoms with Gasteiger partial charge in [-0.05, 0) is 49.1 Å². The first kappa shape index (κ1) is 17.8. The van der Waals surface area contributed by atoms with Crippen LogP contribution in [-0.4, -0.2) is 31.7 Å². The van der Waals surface area contributed by atoms with Crippen LogP contribution in [0.3, 0.4) is 0 Å². The molecule has 1 aliphatic carbocycles. The lowest BCUT2D eigenvalue weighted by Crippen LogP contribution is -2.40. The van der Waals surface area contributed by atoms with Crippen molar-refractivity contribution in [3.8, 4) is 0 Å². The average molecular weight is 359 g/mol. The van der Waals surface area contributed by atoms with E-state index < -0.39 is 15.5 Å². The van der Waals surface area contributed by atoms with Crippen LogP contribution in [0.5, 0.6) is 0 Å². The van der Waals surface area contributed by atoms with Gasteiger partial charge in [0.15, 0.2) is 0 Å². The minimum Gasteiger partial charge on any atom is -0.395 e. The second-order valence-corrected chi connectivity index (χ2v) is 8.09. The molecule has 1 N–H and O–H groups in total. The van der Waals surface area contributed by atoms with Gasteiger partial charge in [-0.15, -0.1) is 0 Å². The summed E-state index contributed by atoms with van der Waals surface area (Å²) in [6.45, 7) is 5.55. The Bertz CT molecular complexity index is 890. The van der Waals surface area contributed by atoms with Crippen LogP contribution in [0.4, 0.5) is 0 Å². The number of benzene rings is 1. The number of rotatable bonds is 5. The fourth-order valence-electron chi connectivity index (χ4n) is 3.08. The van der Waals surface area contributed by atoms with E-state index in [1.807, 2.05) is 13.0 Å². The van der Waals surface area contributed by atoms with Gasteiger partial charge in [0, 0.05) is 11.6 Å².